The van der Waals surface area contributed by atoms with Gasteiger partial charge in [0.25, 0.3) is 0 Å². The maximum absolute atomic E-state index is 11.1. The summed E-state index contributed by atoms with van der Waals surface area (Å²) in [5.41, 5.74) is 3.96. The van der Waals surface area contributed by atoms with Crippen LogP contribution in [-0.4, -0.2) is 27.6 Å². The molecule has 0 saturated heterocycles. The second-order valence-electron chi connectivity index (χ2n) is 5.77. The summed E-state index contributed by atoms with van der Waals surface area (Å²) in [5, 5.41) is 35.4. The van der Waals surface area contributed by atoms with Gasteiger partial charge in [-0.25, -0.2) is 0 Å². The quantitative estimate of drug-likeness (QED) is 0.513. The van der Waals surface area contributed by atoms with Crippen molar-refractivity contribution in [1.82, 2.24) is 5.43 Å². The lowest BCUT2D eigenvalue weighted by molar-refractivity contribution is -0.386. The molecule has 0 amide bonds. The van der Waals surface area contributed by atoms with Gasteiger partial charge in [-0.05, 0) is 33.6 Å². The summed E-state index contributed by atoms with van der Waals surface area (Å²) in [4.78, 5) is 10.4. The number of halogens is 1. The first-order valence-electron chi connectivity index (χ1n) is 7.56. The zero-order valence-corrected chi connectivity index (χ0v) is 14.7. The Balaban J connectivity index is 1.64. The summed E-state index contributed by atoms with van der Waals surface area (Å²) in [5.74, 6) is 0.377. The second-order valence-corrected chi connectivity index (χ2v) is 6.56. The van der Waals surface area contributed by atoms with Crippen molar-refractivity contribution in [2.75, 3.05) is 6.79 Å². The molecule has 3 N–H and O–H groups in total. The van der Waals surface area contributed by atoms with E-state index in [0.29, 0.717) is 23.6 Å². The van der Waals surface area contributed by atoms with Crippen LogP contribution in [0.4, 0.5) is 5.69 Å². The lowest BCUT2D eigenvalue weighted by Gasteiger charge is -2.11. The Labute approximate surface area is 155 Å². The number of phenols is 2. The van der Waals surface area contributed by atoms with Crippen LogP contribution in [0, 0.1) is 10.1 Å². The van der Waals surface area contributed by atoms with Crippen LogP contribution in [0.2, 0.25) is 0 Å². The molecule has 0 fully saturated rings. The summed E-state index contributed by atoms with van der Waals surface area (Å²) in [6.07, 6.45) is 0.390. The molecule has 0 saturated carbocycles. The Morgan fingerprint density at radius 3 is 2.77 bits per heavy atom. The van der Waals surface area contributed by atoms with E-state index in [-0.39, 0.29) is 28.6 Å². The molecule has 0 radical (unpaired) electrons. The average Bonchev–Trinajstić information content (AvgIpc) is 3.28. The first-order chi connectivity index (χ1) is 12.5. The first kappa shape index (κ1) is 16.5. The Bertz CT molecular complexity index is 961. The third kappa shape index (κ3) is 2.58. The summed E-state index contributed by atoms with van der Waals surface area (Å²) < 4.78 is 10.5. The molecule has 0 aliphatic carbocycles. The lowest BCUT2D eigenvalue weighted by Crippen LogP contribution is -2.09. The lowest BCUT2D eigenvalue weighted by atomic mass is 9.98. The molecule has 0 aromatic heterocycles. The SMILES string of the molecule is O=[N+]([O-])c1cc(C2=NNC(c3ccc4c(c3)OCO4)C2)c(O)c(Br)c1O. The van der Waals surface area contributed by atoms with E-state index in [1.54, 1.807) is 6.07 Å². The van der Waals surface area contributed by atoms with Gasteiger partial charge in [0.2, 0.25) is 12.5 Å². The number of benzene rings is 2. The topological polar surface area (TPSA) is 126 Å². The fourth-order valence-corrected chi connectivity index (χ4v) is 3.33. The zero-order chi connectivity index (χ0) is 18.4. The van der Waals surface area contributed by atoms with Gasteiger partial charge in [0.05, 0.1) is 16.7 Å². The Morgan fingerprint density at radius 2 is 2.00 bits per heavy atom. The van der Waals surface area contributed by atoms with Gasteiger partial charge in [-0.1, -0.05) is 6.07 Å². The summed E-state index contributed by atoms with van der Waals surface area (Å²) in [6.45, 7) is 0.178. The Kier molecular flexibility index (Phi) is 3.83. The van der Waals surface area contributed by atoms with Crippen molar-refractivity contribution in [2.45, 2.75) is 12.5 Å². The molecule has 10 heteroatoms. The normalized spacial score (nSPS) is 17.7. The standard InChI is InChI=1S/C16H12BrN3O6/c17-14-15(21)8(4-11(16(14)22)20(23)24)10-5-9(18-19-10)7-1-2-12-13(3-7)26-6-25-12/h1-4,9,18,21-22H,5-6H2. The fraction of sp³-hybridized carbons (Fsp3) is 0.188. The minimum Gasteiger partial charge on any atom is -0.506 e. The van der Waals surface area contributed by atoms with E-state index in [1.807, 2.05) is 12.1 Å². The van der Waals surface area contributed by atoms with E-state index in [4.69, 9.17) is 9.47 Å². The van der Waals surface area contributed by atoms with E-state index in [1.165, 1.54) is 0 Å². The van der Waals surface area contributed by atoms with Gasteiger partial charge in [0.15, 0.2) is 11.5 Å². The van der Waals surface area contributed by atoms with Crippen LogP contribution >= 0.6 is 15.9 Å². The summed E-state index contributed by atoms with van der Waals surface area (Å²) >= 11 is 2.98. The number of hydrogen-bond donors (Lipinski definition) is 3. The molecule has 4 rings (SSSR count). The maximum atomic E-state index is 11.1. The van der Waals surface area contributed by atoms with Gasteiger partial charge in [-0.2, -0.15) is 5.10 Å². The van der Waals surface area contributed by atoms with E-state index in [0.717, 1.165) is 11.6 Å². The van der Waals surface area contributed by atoms with Crippen molar-refractivity contribution < 1.29 is 24.6 Å². The number of nitro benzene ring substituents is 1. The highest BCUT2D eigenvalue weighted by Gasteiger charge is 2.29. The number of ether oxygens (including phenoxy) is 2. The number of nitrogens with one attached hydrogen (secondary N) is 1. The van der Waals surface area contributed by atoms with Crippen molar-refractivity contribution in [2.24, 2.45) is 5.10 Å². The molecule has 9 nitrogen and oxygen atoms in total. The monoisotopic (exact) mass is 421 g/mol. The predicted molar refractivity (Wildman–Crippen MR) is 93.7 cm³/mol. The van der Waals surface area contributed by atoms with Crippen molar-refractivity contribution in [3.05, 3.63) is 50.0 Å². The van der Waals surface area contributed by atoms with Crippen LogP contribution < -0.4 is 14.9 Å². The van der Waals surface area contributed by atoms with E-state index in [9.17, 15) is 20.3 Å². The Hall–Kier alpha value is -3.01. The third-order valence-electron chi connectivity index (χ3n) is 4.25. The van der Waals surface area contributed by atoms with Crippen LogP contribution in [0.1, 0.15) is 23.6 Å². The first-order valence-corrected chi connectivity index (χ1v) is 8.36. The molecular weight excluding hydrogens is 410 g/mol. The van der Waals surface area contributed by atoms with Gasteiger partial charge in [-0.15, -0.1) is 0 Å². The fourth-order valence-electron chi connectivity index (χ4n) is 2.91. The van der Waals surface area contributed by atoms with Crippen molar-refractivity contribution in [1.29, 1.82) is 0 Å². The number of phenolic OH excluding ortho intramolecular Hbond substituents is 2. The molecule has 2 aliphatic heterocycles. The van der Waals surface area contributed by atoms with Crippen LogP contribution in [-0.2, 0) is 0 Å². The van der Waals surface area contributed by atoms with Crippen molar-refractivity contribution >= 4 is 27.3 Å². The summed E-state index contributed by atoms with van der Waals surface area (Å²) in [7, 11) is 0. The van der Waals surface area contributed by atoms with Crippen LogP contribution in [0.25, 0.3) is 0 Å². The number of rotatable bonds is 3. The number of nitro groups is 1. The van der Waals surface area contributed by atoms with Gasteiger partial charge < -0.3 is 25.1 Å². The minimum atomic E-state index is -0.721. The third-order valence-corrected chi connectivity index (χ3v) is 5.01. The molecular formula is C16H12BrN3O6. The molecule has 0 spiro atoms. The maximum Gasteiger partial charge on any atom is 0.312 e. The molecule has 26 heavy (non-hydrogen) atoms. The molecule has 2 aromatic carbocycles. The van der Waals surface area contributed by atoms with Gasteiger partial charge in [0.1, 0.15) is 10.2 Å². The number of fused-ring (bicyclic) bond motifs is 1. The van der Waals surface area contributed by atoms with Crippen molar-refractivity contribution in [3.8, 4) is 23.0 Å². The van der Waals surface area contributed by atoms with Crippen LogP contribution in [0.15, 0.2) is 33.8 Å². The van der Waals surface area contributed by atoms with Crippen LogP contribution in [0.5, 0.6) is 23.0 Å². The molecule has 1 atom stereocenters. The highest BCUT2D eigenvalue weighted by Crippen LogP contribution is 2.44. The minimum absolute atomic E-state index is 0.143. The highest BCUT2D eigenvalue weighted by molar-refractivity contribution is 9.10. The largest absolute Gasteiger partial charge is 0.506 e. The zero-order valence-electron chi connectivity index (χ0n) is 13.1. The van der Waals surface area contributed by atoms with Gasteiger partial charge in [-0.3, -0.25) is 10.1 Å². The van der Waals surface area contributed by atoms with Gasteiger partial charge in [0, 0.05) is 18.1 Å². The number of aromatic hydroxyl groups is 2. The molecule has 2 aliphatic rings. The molecule has 1 unspecified atom stereocenters. The van der Waals surface area contributed by atoms with Crippen molar-refractivity contribution in [3.63, 3.8) is 0 Å². The number of nitrogens with zero attached hydrogens (tertiary/aromatic N) is 2. The number of hydrazone groups is 1. The average molecular weight is 422 g/mol. The van der Waals surface area contributed by atoms with E-state index >= 15 is 0 Å². The Morgan fingerprint density at radius 1 is 1.23 bits per heavy atom. The molecule has 0 bridgehead atoms. The van der Waals surface area contributed by atoms with E-state index in [2.05, 4.69) is 26.5 Å². The molecule has 134 valence electrons. The smallest absolute Gasteiger partial charge is 0.312 e. The van der Waals surface area contributed by atoms with Crippen LogP contribution in [0.3, 0.4) is 0 Å². The summed E-state index contributed by atoms with van der Waals surface area (Å²) in [6, 6.07) is 6.44. The predicted octanol–water partition coefficient (Wildman–Crippen LogP) is 2.94. The number of hydrogen-bond acceptors (Lipinski definition) is 8. The second kappa shape index (κ2) is 6.06. The van der Waals surface area contributed by atoms with Gasteiger partial charge >= 0.3 is 5.69 Å². The highest BCUT2D eigenvalue weighted by atomic mass is 79.9. The molecule has 2 heterocycles. The molecule has 2 aromatic rings. The van der Waals surface area contributed by atoms with E-state index < -0.39 is 16.4 Å².